The fourth-order valence-electron chi connectivity index (χ4n) is 5.53. The molecular weight excluding hydrogens is 294 g/mol. The number of carbonyl (C=O) groups excluding carboxylic acids is 1. The lowest BCUT2D eigenvalue weighted by atomic mass is 9.54. The summed E-state index contributed by atoms with van der Waals surface area (Å²) in [4.78, 5) is 12.7. The van der Waals surface area contributed by atoms with Gasteiger partial charge in [0.2, 0.25) is 0 Å². The van der Waals surface area contributed by atoms with Crippen molar-refractivity contribution in [3.63, 3.8) is 0 Å². The first kappa shape index (κ1) is 15.9. The number of rotatable bonds is 5. The van der Waals surface area contributed by atoms with Gasteiger partial charge in [0.05, 0.1) is 0 Å². The number of hydrogen-bond acceptors (Lipinski definition) is 1. The van der Waals surface area contributed by atoms with E-state index < -0.39 is 0 Å². The smallest absolute Gasteiger partial charge is 0.251 e. The summed E-state index contributed by atoms with van der Waals surface area (Å²) in [6.07, 6.45) is 13.5. The highest BCUT2D eigenvalue weighted by molar-refractivity contribution is 5.94. The molecule has 0 saturated heterocycles. The van der Waals surface area contributed by atoms with Crippen LogP contribution in [0.1, 0.15) is 67.8 Å². The van der Waals surface area contributed by atoms with Crippen molar-refractivity contribution in [1.82, 2.24) is 5.32 Å². The van der Waals surface area contributed by atoms with Crippen molar-refractivity contribution in [3.8, 4) is 0 Å². The minimum Gasteiger partial charge on any atom is -0.349 e. The first-order valence-corrected chi connectivity index (χ1v) is 9.80. The summed E-state index contributed by atoms with van der Waals surface area (Å²) in [7, 11) is 0. The van der Waals surface area contributed by atoms with E-state index in [1.807, 2.05) is 12.1 Å². The molecule has 0 aliphatic heterocycles. The zero-order valence-corrected chi connectivity index (χ0v) is 14.7. The molecule has 1 amide bonds. The Bertz CT molecular complexity index is 587. The Kier molecular flexibility index (Phi) is 4.47. The Morgan fingerprint density at radius 1 is 1.04 bits per heavy atom. The van der Waals surface area contributed by atoms with Gasteiger partial charge in [-0.2, -0.15) is 0 Å². The van der Waals surface area contributed by atoms with Crippen LogP contribution in [-0.4, -0.2) is 11.9 Å². The van der Waals surface area contributed by atoms with Crippen LogP contribution in [0.3, 0.4) is 0 Å². The third kappa shape index (κ3) is 3.16. The molecule has 24 heavy (non-hydrogen) atoms. The number of hydrogen-bond donors (Lipinski definition) is 1. The maximum absolute atomic E-state index is 12.7. The quantitative estimate of drug-likeness (QED) is 0.806. The molecule has 128 valence electrons. The topological polar surface area (TPSA) is 29.1 Å². The lowest BCUT2D eigenvalue weighted by Crippen LogP contribution is -2.55. The highest BCUT2D eigenvalue weighted by atomic mass is 16.1. The highest BCUT2D eigenvalue weighted by Gasteiger charge is 2.48. The zero-order chi connectivity index (χ0) is 16.5. The molecule has 0 radical (unpaired) electrons. The predicted octanol–water partition coefficient (Wildman–Crippen LogP) is 5.05. The van der Waals surface area contributed by atoms with Gasteiger partial charge in [-0.3, -0.25) is 4.79 Å². The van der Waals surface area contributed by atoms with E-state index in [4.69, 9.17) is 0 Å². The summed E-state index contributed by atoms with van der Waals surface area (Å²) in [5.74, 6) is 3.50. The van der Waals surface area contributed by atoms with Crippen molar-refractivity contribution in [2.75, 3.05) is 0 Å². The molecule has 4 bridgehead atoms. The van der Waals surface area contributed by atoms with Gasteiger partial charge in [0.25, 0.3) is 5.91 Å². The number of unbranched alkanes of at least 4 members (excludes halogenated alkanes) is 1. The van der Waals surface area contributed by atoms with Crippen LogP contribution in [0, 0.1) is 23.7 Å². The minimum absolute atomic E-state index is 0.122. The monoisotopic (exact) mass is 323 g/mol. The zero-order valence-electron chi connectivity index (χ0n) is 14.7. The fraction of sp³-hybridized carbons (Fsp3) is 0.591. The van der Waals surface area contributed by atoms with Crippen molar-refractivity contribution in [2.24, 2.45) is 23.7 Å². The van der Waals surface area contributed by atoms with Gasteiger partial charge in [-0.25, -0.2) is 0 Å². The van der Waals surface area contributed by atoms with E-state index in [2.05, 4.69) is 36.5 Å². The second-order valence-corrected chi connectivity index (χ2v) is 8.24. The molecule has 0 heterocycles. The molecule has 0 atom stereocenters. The third-order valence-electron chi connectivity index (χ3n) is 6.46. The van der Waals surface area contributed by atoms with Gasteiger partial charge >= 0.3 is 0 Å². The second-order valence-electron chi connectivity index (χ2n) is 8.24. The lowest BCUT2D eigenvalue weighted by Gasteiger charge is -2.54. The molecule has 1 N–H and O–H groups in total. The van der Waals surface area contributed by atoms with E-state index in [9.17, 15) is 4.79 Å². The van der Waals surface area contributed by atoms with Crippen molar-refractivity contribution < 1.29 is 4.79 Å². The Hall–Kier alpha value is -1.57. The Morgan fingerprint density at radius 3 is 2.25 bits per heavy atom. The standard InChI is InChI=1S/C22H29NO/c1-2-3-4-5-15-6-8-18(9-7-15)22(24)23-21-19-11-16-10-17(13-19)14-20(21)12-16/h4-9,16-17,19-21H,2-3,10-14H2,1H3,(H,23,24)/b5-4+. The molecule has 4 fully saturated rings. The summed E-state index contributed by atoms with van der Waals surface area (Å²) in [6, 6.07) is 8.47. The van der Waals surface area contributed by atoms with E-state index in [0.29, 0.717) is 6.04 Å². The number of carbonyl (C=O) groups is 1. The van der Waals surface area contributed by atoms with Crippen LogP contribution in [0.25, 0.3) is 6.08 Å². The van der Waals surface area contributed by atoms with Crippen LogP contribution in [-0.2, 0) is 0 Å². The van der Waals surface area contributed by atoms with Crippen molar-refractivity contribution >= 4 is 12.0 Å². The molecule has 4 aliphatic carbocycles. The Labute approximate surface area is 145 Å². The first-order chi connectivity index (χ1) is 11.7. The van der Waals surface area contributed by atoms with Crippen molar-refractivity contribution in [1.29, 1.82) is 0 Å². The summed E-state index contributed by atoms with van der Waals surface area (Å²) in [6.45, 7) is 2.18. The number of allylic oxidation sites excluding steroid dienone is 1. The van der Waals surface area contributed by atoms with Crippen LogP contribution >= 0.6 is 0 Å². The second kappa shape index (κ2) is 6.74. The van der Waals surface area contributed by atoms with E-state index >= 15 is 0 Å². The maximum Gasteiger partial charge on any atom is 0.251 e. The van der Waals surface area contributed by atoms with Crippen LogP contribution in [0.5, 0.6) is 0 Å². The molecule has 0 unspecified atom stereocenters. The first-order valence-electron chi connectivity index (χ1n) is 9.80. The predicted molar refractivity (Wildman–Crippen MR) is 98.7 cm³/mol. The molecule has 1 aromatic carbocycles. The van der Waals surface area contributed by atoms with Crippen molar-refractivity contribution in [2.45, 2.75) is 57.9 Å². The SMILES string of the molecule is CCC/C=C/c1ccc(C(=O)NC2C3CC4CC(C3)CC2C4)cc1. The van der Waals surface area contributed by atoms with Gasteiger partial charge in [-0.15, -0.1) is 0 Å². The molecule has 2 nitrogen and oxygen atoms in total. The summed E-state index contributed by atoms with van der Waals surface area (Å²) < 4.78 is 0. The number of nitrogens with one attached hydrogen (secondary N) is 1. The number of benzene rings is 1. The molecule has 0 aromatic heterocycles. The van der Waals surface area contributed by atoms with Crippen LogP contribution in [0.15, 0.2) is 30.3 Å². The third-order valence-corrected chi connectivity index (χ3v) is 6.46. The van der Waals surface area contributed by atoms with E-state index in [1.165, 1.54) is 44.1 Å². The molecule has 5 rings (SSSR count). The molecule has 4 saturated carbocycles. The highest BCUT2D eigenvalue weighted by Crippen LogP contribution is 2.53. The molecule has 4 aliphatic rings. The van der Waals surface area contributed by atoms with Gasteiger partial charge in [0.15, 0.2) is 0 Å². The van der Waals surface area contributed by atoms with Gasteiger partial charge in [0.1, 0.15) is 0 Å². The van der Waals surface area contributed by atoms with Gasteiger partial charge in [-0.05, 0) is 79.9 Å². The van der Waals surface area contributed by atoms with Crippen LogP contribution in [0.4, 0.5) is 0 Å². The number of amides is 1. The normalized spacial score (nSPS) is 34.0. The minimum atomic E-state index is 0.122. The molecule has 0 spiro atoms. The molecule has 1 aromatic rings. The average Bonchev–Trinajstić information content (AvgIpc) is 2.58. The maximum atomic E-state index is 12.7. The summed E-state index contributed by atoms with van der Waals surface area (Å²) >= 11 is 0. The van der Waals surface area contributed by atoms with Gasteiger partial charge < -0.3 is 5.32 Å². The fourth-order valence-corrected chi connectivity index (χ4v) is 5.53. The largest absolute Gasteiger partial charge is 0.349 e. The Morgan fingerprint density at radius 2 is 1.67 bits per heavy atom. The lowest BCUT2D eigenvalue weighted by molar-refractivity contribution is -0.0119. The Balaban J connectivity index is 1.39. The van der Waals surface area contributed by atoms with Crippen LogP contribution < -0.4 is 5.32 Å². The molecular formula is C22H29NO. The van der Waals surface area contributed by atoms with E-state index in [0.717, 1.165) is 35.7 Å². The van der Waals surface area contributed by atoms with Gasteiger partial charge in [0, 0.05) is 11.6 Å². The molecule has 2 heteroatoms. The summed E-state index contributed by atoms with van der Waals surface area (Å²) in [5.41, 5.74) is 1.98. The van der Waals surface area contributed by atoms with Crippen LogP contribution in [0.2, 0.25) is 0 Å². The summed E-state index contributed by atoms with van der Waals surface area (Å²) in [5, 5.41) is 3.39. The van der Waals surface area contributed by atoms with E-state index in [1.54, 1.807) is 0 Å². The average molecular weight is 323 g/mol. The van der Waals surface area contributed by atoms with E-state index in [-0.39, 0.29) is 5.91 Å². The van der Waals surface area contributed by atoms with Gasteiger partial charge in [-0.1, -0.05) is 37.6 Å². The van der Waals surface area contributed by atoms with Crippen molar-refractivity contribution in [3.05, 3.63) is 41.5 Å².